The SMILES string of the molecule is CC(C(=O)NCc1nc(C(=O)O)cs1)S(C)(=O)=O. The van der Waals surface area contributed by atoms with Crippen LogP contribution in [0, 0.1) is 0 Å². The number of nitrogens with one attached hydrogen (secondary N) is 1. The summed E-state index contributed by atoms with van der Waals surface area (Å²) < 4.78 is 22.3. The van der Waals surface area contributed by atoms with Gasteiger partial charge in [0, 0.05) is 11.6 Å². The van der Waals surface area contributed by atoms with Crippen molar-refractivity contribution in [3.8, 4) is 0 Å². The van der Waals surface area contributed by atoms with E-state index in [1.165, 1.54) is 12.3 Å². The highest BCUT2D eigenvalue weighted by molar-refractivity contribution is 7.92. The van der Waals surface area contributed by atoms with Crippen LogP contribution in [0.3, 0.4) is 0 Å². The third-order valence-electron chi connectivity index (χ3n) is 2.20. The van der Waals surface area contributed by atoms with Crippen molar-refractivity contribution in [2.45, 2.75) is 18.7 Å². The van der Waals surface area contributed by atoms with Crippen molar-refractivity contribution < 1.29 is 23.1 Å². The highest BCUT2D eigenvalue weighted by Gasteiger charge is 2.23. The zero-order valence-electron chi connectivity index (χ0n) is 9.71. The van der Waals surface area contributed by atoms with Gasteiger partial charge in [0.05, 0.1) is 6.54 Å². The molecule has 1 unspecified atom stereocenters. The van der Waals surface area contributed by atoms with Gasteiger partial charge in [-0.15, -0.1) is 11.3 Å². The molecule has 9 heteroatoms. The minimum absolute atomic E-state index is 0.0106. The second-order valence-electron chi connectivity index (χ2n) is 3.62. The highest BCUT2D eigenvalue weighted by Crippen LogP contribution is 2.09. The Morgan fingerprint density at radius 1 is 1.56 bits per heavy atom. The summed E-state index contributed by atoms with van der Waals surface area (Å²) in [5.74, 6) is -1.78. The first kappa shape index (κ1) is 14.6. The van der Waals surface area contributed by atoms with E-state index < -0.39 is 27.0 Å². The van der Waals surface area contributed by atoms with Crippen molar-refractivity contribution in [1.82, 2.24) is 10.3 Å². The monoisotopic (exact) mass is 292 g/mol. The fraction of sp³-hybridized carbons (Fsp3) is 0.444. The van der Waals surface area contributed by atoms with Crippen molar-refractivity contribution in [2.24, 2.45) is 0 Å². The Balaban J connectivity index is 2.60. The van der Waals surface area contributed by atoms with Gasteiger partial charge in [-0.2, -0.15) is 0 Å². The van der Waals surface area contributed by atoms with Gasteiger partial charge in [0.1, 0.15) is 10.3 Å². The van der Waals surface area contributed by atoms with E-state index in [0.717, 1.165) is 17.6 Å². The normalized spacial score (nSPS) is 13.0. The first-order valence-electron chi connectivity index (χ1n) is 4.86. The Labute approximate surface area is 108 Å². The molecule has 0 radical (unpaired) electrons. The Morgan fingerprint density at radius 2 is 2.17 bits per heavy atom. The van der Waals surface area contributed by atoms with Crippen LogP contribution in [0.5, 0.6) is 0 Å². The Hall–Kier alpha value is -1.48. The maximum Gasteiger partial charge on any atom is 0.355 e. The molecule has 1 aromatic rings. The smallest absolute Gasteiger partial charge is 0.355 e. The molecule has 0 fully saturated rings. The number of rotatable bonds is 5. The predicted molar refractivity (Wildman–Crippen MR) is 65.2 cm³/mol. The minimum Gasteiger partial charge on any atom is -0.476 e. The number of hydrogen-bond acceptors (Lipinski definition) is 6. The maximum atomic E-state index is 11.5. The lowest BCUT2D eigenvalue weighted by atomic mass is 10.4. The summed E-state index contributed by atoms with van der Waals surface area (Å²) in [4.78, 5) is 25.8. The van der Waals surface area contributed by atoms with Gasteiger partial charge in [-0.1, -0.05) is 0 Å². The van der Waals surface area contributed by atoms with E-state index in [1.807, 2.05) is 0 Å². The van der Waals surface area contributed by atoms with Crippen molar-refractivity contribution >= 4 is 33.1 Å². The molecule has 0 aliphatic heterocycles. The van der Waals surface area contributed by atoms with Crippen LogP contribution in [0.15, 0.2) is 5.38 Å². The molecule has 0 aliphatic rings. The van der Waals surface area contributed by atoms with Crippen LogP contribution in [-0.4, -0.2) is 41.9 Å². The molecule has 100 valence electrons. The Bertz CT molecular complexity index is 563. The molecular weight excluding hydrogens is 280 g/mol. The number of nitrogens with zero attached hydrogens (tertiary/aromatic N) is 1. The number of carbonyl (C=O) groups excluding carboxylic acids is 1. The molecule has 1 heterocycles. The standard InChI is InChI=1S/C9H12N2O5S2/c1-5(18(2,15)16)8(12)10-3-7-11-6(4-17-7)9(13)14/h4-5H,3H2,1-2H3,(H,10,12)(H,13,14). The van der Waals surface area contributed by atoms with Gasteiger partial charge < -0.3 is 10.4 Å². The second kappa shape index (κ2) is 5.44. The summed E-state index contributed by atoms with van der Waals surface area (Å²) in [7, 11) is -3.44. The van der Waals surface area contributed by atoms with E-state index in [4.69, 9.17) is 5.11 Å². The fourth-order valence-electron chi connectivity index (χ4n) is 0.991. The summed E-state index contributed by atoms with van der Waals surface area (Å²) in [6, 6.07) is 0. The number of carbonyl (C=O) groups is 2. The summed E-state index contributed by atoms with van der Waals surface area (Å²) in [6.45, 7) is 1.30. The largest absolute Gasteiger partial charge is 0.476 e. The quantitative estimate of drug-likeness (QED) is 0.783. The van der Waals surface area contributed by atoms with Crippen molar-refractivity contribution in [2.75, 3.05) is 6.26 Å². The van der Waals surface area contributed by atoms with Gasteiger partial charge in [0.25, 0.3) is 0 Å². The number of aromatic nitrogens is 1. The number of aromatic carboxylic acids is 1. The van der Waals surface area contributed by atoms with Crippen LogP contribution in [0.2, 0.25) is 0 Å². The number of sulfone groups is 1. The minimum atomic E-state index is -3.44. The molecule has 1 amide bonds. The lowest BCUT2D eigenvalue weighted by Crippen LogP contribution is -2.37. The first-order valence-corrected chi connectivity index (χ1v) is 7.69. The average Bonchev–Trinajstić information content (AvgIpc) is 2.72. The molecule has 0 aliphatic carbocycles. The van der Waals surface area contributed by atoms with Gasteiger partial charge in [0.2, 0.25) is 5.91 Å². The van der Waals surface area contributed by atoms with Crippen LogP contribution in [0.4, 0.5) is 0 Å². The van der Waals surface area contributed by atoms with Crippen molar-refractivity contribution in [3.63, 3.8) is 0 Å². The molecular formula is C9H12N2O5S2. The van der Waals surface area contributed by atoms with E-state index in [9.17, 15) is 18.0 Å². The Kier molecular flexibility index (Phi) is 4.41. The summed E-state index contributed by atoms with van der Waals surface area (Å²) >= 11 is 1.08. The van der Waals surface area contributed by atoms with Crippen LogP contribution in [0.1, 0.15) is 22.4 Å². The second-order valence-corrected chi connectivity index (χ2v) is 6.93. The number of amides is 1. The molecule has 1 rings (SSSR count). The molecule has 0 aromatic carbocycles. The molecule has 0 bridgehead atoms. The molecule has 1 atom stereocenters. The zero-order valence-corrected chi connectivity index (χ0v) is 11.3. The topological polar surface area (TPSA) is 113 Å². The van der Waals surface area contributed by atoms with Gasteiger partial charge in [-0.3, -0.25) is 4.79 Å². The maximum absolute atomic E-state index is 11.5. The van der Waals surface area contributed by atoms with E-state index in [2.05, 4.69) is 10.3 Å². The third-order valence-corrected chi connectivity index (χ3v) is 4.54. The molecule has 1 aromatic heterocycles. The van der Waals surface area contributed by atoms with Crippen LogP contribution < -0.4 is 5.32 Å². The predicted octanol–water partition coefficient (Wildman–Crippen LogP) is -0.109. The van der Waals surface area contributed by atoms with Gasteiger partial charge in [0.15, 0.2) is 15.5 Å². The van der Waals surface area contributed by atoms with Gasteiger partial charge in [-0.25, -0.2) is 18.2 Å². The van der Waals surface area contributed by atoms with Gasteiger partial charge >= 0.3 is 5.97 Å². The third kappa shape index (κ3) is 3.77. The first-order chi connectivity index (χ1) is 8.21. The number of hydrogen-bond donors (Lipinski definition) is 2. The van der Waals surface area contributed by atoms with Crippen LogP contribution in [-0.2, 0) is 21.2 Å². The number of thiazole rings is 1. The van der Waals surface area contributed by atoms with E-state index in [0.29, 0.717) is 5.01 Å². The van der Waals surface area contributed by atoms with Crippen molar-refractivity contribution in [1.29, 1.82) is 0 Å². The molecule has 18 heavy (non-hydrogen) atoms. The fourth-order valence-corrected chi connectivity index (χ4v) is 2.17. The molecule has 0 saturated carbocycles. The van der Waals surface area contributed by atoms with E-state index in [1.54, 1.807) is 0 Å². The average molecular weight is 292 g/mol. The molecule has 0 saturated heterocycles. The number of carboxylic acids is 1. The lowest BCUT2D eigenvalue weighted by molar-refractivity contribution is -0.120. The molecule has 2 N–H and O–H groups in total. The Morgan fingerprint density at radius 3 is 2.61 bits per heavy atom. The van der Waals surface area contributed by atoms with Crippen molar-refractivity contribution in [3.05, 3.63) is 16.1 Å². The molecule has 7 nitrogen and oxygen atoms in total. The van der Waals surface area contributed by atoms with Crippen LogP contribution >= 0.6 is 11.3 Å². The zero-order chi connectivity index (χ0) is 13.9. The van der Waals surface area contributed by atoms with Crippen LogP contribution in [0.25, 0.3) is 0 Å². The van der Waals surface area contributed by atoms with E-state index in [-0.39, 0.29) is 12.2 Å². The number of carboxylic acid groups (broad SMARTS) is 1. The summed E-state index contributed by atoms with van der Waals surface area (Å²) in [6.07, 6.45) is 0.975. The summed E-state index contributed by atoms with van der Waals surface area (Å²) in [5.41, 5.74) is -0.0968. The van der Waals surface area contributed by atoms with E-state index >= 15 is 0 Å². The summed E-state index contributed by atoms with van der Waals surface area (Å²) in [5, 5.41) is 11.7. The lowest BCUT2D eigenvalue weighted by Gasteiger charge is -2.08. The highest BCUT2D eigenvalue weighted by atomic mass is 32.2. The van der Waals surface area contributed by atoms with Gasteiger partial charge in [-0.05, 0) is 6.92 Å². The molecule has 0 spiro atoms.